The normalized spacial score (nSPS) is 12.0. The molecule has 2 aromatic heterocycles. The van der Waals surface area contributed by atoms with Crippen molar-refractivity contribution in [2.24, 2.45) is 0 Å². The summed E-state index contributed by atoms with van der Waals surface area (Å²) in [4.78, 5) is 16.3. The smallest absolute Gasteiger partial charge is 0.255 e. The third kappa shape index (κ3) is 4.59. The SMILES string of the molecule is COc1ccccc1C(CNC(=O)c1cn(-c2ccccc2)nc1-c1cccs1)N(C)C. The Morgan fingerprint density at radius 1 is 1.09 bits per heavy atom. The zero-order chi connectivity index (χ0) is 22.5. The molecule has 32 heavy (non-hydrogen) atoms. The molecule has 0 aliphatic heterocycles. The fraction of sp³-hybridized carbons (Fsp3) is 0.200. The number of methoxy groups -OCH3 is 1. The second-order valence-electron chi connectivity index (χ2n) is 7.58. The summed E-state index contributed by atoms with van der Waals surface area (Å²) in [5, 5.41) is 9.83. The summed E-state index contributed by atoms with van der Waals surface area (Å²) in [6.07, 6.45) is 1.80. The van der Waals surface area contributed by atoms with Crippen molar-refractivity contribution in [1.29, 1.82) is 0 Å². The summed E-state index contributed by atoms with van der Waals surface area (Å²) in [6, 6.07) is 21.6. The lowest BCUT2D eigenvalue weighted by Crippen LogP contribution is -2.34. The van der Waals surface area contributed by atoms with Crippen molar-refractivity contribution in [3.8, 4) is 22.0 Å². The Kier molecular flexibility index (Phi) is 6.68. The summed E-state index contributed by atoms with van der Waals surface area (Å²) >= 11 is 1.57. The predicted octanol–water partition coefficient (Wildman–Crippen LogP) is 4.64. The molecule has 0 spiro atoms. The fourth-order valence-corrected chi connectivity index (χ4v) is 4.37. The van der Waals surface area contributed by atoms with E-state index in [-0.39, 0.29) is 11.9 Å². The molecule has 1 atom stereocenters. The molecule has 1 amide bonds. The van der Waals surface area contributed by atoms with Gasteiger partial charge in [-0.2, -0.15) is 5.10 Å². The molecule has 0 bridgehead atoms. The number of nitrogens with zero attached hydrogens (tertiary/aromatic N) is 3. The molecule has 4 aromatic rings. The number of hydrogen-bond donors (Lipinski definition) is 1. The zero-order valence-corrected chi connectivity index (χ0v) is 19.2. The number of nitrogens with one attached hydrogen (secondary N) is 1. The van der Waals surface area contributed by atoms with E-state index in [9.17, 15) is 4.79 Å². The second kappa shape index (κ2) is 9.80. The van der Waals surface area contributed by atoms with Gasteiger partial charge in [0.2, 0.25) is 0 Å². The van der Waals surface area contributed by atoms with Crippen LogP contribution in [0.5, 0.6) is 5.75 Å². The Morgan fingerprint density at radius 3 is 2.53 bits per heavy atom. The molecule has 6 nitrogen and oxygen atoms in total. The Balaban J connectivity index is 1.62. The first-order chi connectivity index (χ1) is 15.6. The molecule has 0 radical (unpaired) electrons. The van der Waals surface area contributed by atoms with Gasteiger partial charge < -0.3 is 15.0 Å². The van der Waals surface area contributed by atoms with Crippen LogP contribution in [0.3, 0.4) is 0 Å². The largest absolute Gasteiger partial charge is 0.496 e. The molecular formula is C25H26N4O2S. The average molecular weight is 447 g/mol. The second-order valence-corrected chi connectivity index (χ2v) is 8.53. The van der Waals surface area contributed by atoms with Crippen molar-refractivity contribution >= 4 is 17.2 Å². The lowest BCUT2D eigenvalue weighted by atomic mass is 10.0. The number of carbonyl (C=O) groups is 1. The van der Waals surface area contributed by atoms with Gasteiger partial charge in [-0.15, -0.1) is 11.3 Å². The number of benzene rings is 2. The number of hydrogen-bond acceptors (Lipinski definition) is 5. The Labute approximate surface area is 192 Å². The molecular weight excluding hydrogens is 420 g/mol. The quantitative estimate of drug-likeness (QED) is 0.428. The van der Waals surface area contributed by atoms with Crippen LogP contribution >= 0.6 is 11.3 Å². The van der Waals surface area contributed by atoms with Crippen LogP contribution in [0, 0.1) is 0 Å². The van der Waals surface area contributed by atoms with E-state index in [1.165, 1.54) is 0 Å². The van der Waals surface area contributed by atoms with E-state index in [0.717, 1.165) is 21.9 Å². The van der Waals surface area contributed by atoms with Gasteiger partial charge in [-0.25, -0.2) is 4.68 Å². The standard InChI is InChI=1S/C25H26N4O2S/c1-28(2)21(19-12-7-8-13-22(19)31-3)16-26-25(30)20-17-29(18-10-5-4-6-11-18)27-24(20)23-14-9-15-32-23/h4-15,17,21H,16H2,1-3H3,(H,26,30). The summed E-state index contributed by atoms with van der Waals surface area (Å²) in [5.41, 5.74) is 3.16. The van der Waals surface area contributed by atoms with Crippen molar-refractivity contribution in [3.05, 3.63) is 89.4 Å². The first-order valence-corrected chi connectivity index (χ1v) is 11.2. The Bertz CT molecular complexity index is 1170. The minimum atomic E-state index is -0.155. The molecule has 0 saturated heterocycles. The highest BCUT2D eigenvalue weighted by molar-refractivity contribution is 7.13. The number of ether oxygens (including phenoxy) is 1. The highest BCUT2D eigenvalue weighted by atomic mass is 32.1. The number of carbonyl (C=O) groups excluding carboxylic acids is 1. The van der Waals surface area contributed by atoms with Crippen molar-refractivity contribution in [1.82, 2.24) is 20.0 Å². The average Bonchev–Trinajstić information content (AvgIpc) is 3.50. The van der Waals surface area contributed by atoms with Crippen LogP contribution in [-0.4, -0.2) is 48.3 Å². The summed E-state index contributed by atoms with van der Waals surface area (Å²) in [5.74, 6) is 0.647. The van der Waals surface area contributed by atoms with Gasteiger partial charge in [0.1, 0.15) is 11.4 Å². The molecule has 2 aromatic carbocycles. The lowest BCUT2D eigenvalue weighted by molar-refractivity contribution is 0.0942. The van der Waals surface area contributed by atoms with Gasteiger partial charge in [-0.3, -0.25) is 4.79 Å². The van der Waals surface area contributed by atoms with Crippen molar-refractivity contribution in [3.63, 3.8) is 0 Å². The van der Waals surface area contributed by atoms with Crippen molar-refractivity contribution in [2.75, 3.05) is 27.7 Å². The molecule has 164 valence electrons. The van der Waals surface area contributed by atoms with E-state index in [0.29, 0.717) is 17.8 Å². The first-order valence-electron chi connectivity index (χ1n) is 10.3. The van der Waals surface area contributed by atoms with Crippen LogP contribution in [0.25, 0.3) is 16.3 Å². The van der Waals surface area contributed by atoms with E-state index >= 15 is 0 Å². The van der Waals surface area contributed by atoms with Crippen LogP contribution in [0.15, 0.2) is 78.3 Å². The van der Waals surface area contributed by atoms with E-state index in [1.54, 1.807) is 29.3 Å². The maximum atomic E-state index is 13.3. The highest BCUT2D eigenvalue weighted by Crippen LogP contribution is 2.29. The summed E-state index contributed by atoms with van der Waals surface area (Å²) in [7, 11) is 5.65. The zero-order valence-electron chi connectivity index (χ0n) is 18.4. The Morgan fingerprint density at radius 2 is 1.84 bits per heavy atom. The van der Waals surface area contributed by atoms with Gasteiger partial charge in [-0.1, -0.05) is 42.5 Å². The van der Waals surface area contributed by atoms with E-state index in [4.69, 9.17) is 9.84 Å². The van der Waals surface area contributed by atoms with Gasteiger partial charge in [0.25, 0.3) is 5.91 Å². The fourth-order valence-electron chi connectivity index (χ4n) is 3.65. The summed E-state index contributed by atoms with van der Waals surface area (Å²) in [6.45, 7) is 0.437. The number of thiophene rings is 1. The molecule has 0 fully saturated rings. The maximum absolute atomic E-state index is 13.3. The minimum absolute atomic E-state index is 0.0375. The third-order valence-corrected chi connectivity index (χ3v) is 6.19. The molecule has 7 heteroatoms. The number of rotatable bonds is 8. The highest BCUT2D eigenvalue weighted by Gasteiger charge is 2.23. The number of likely N-dealkylation sites (N-methyl/N-ethyl adjacent to an activating group) is 1. The van der Waals surface area contributed by atoms with Crippen LogP contribution in [0.1, 0.15) is 22.0 Å². The molecule has 1 N–H and O–H groups in total. The monoisotopic (exact) mass is 446 g/mol. The van der Waals surface area contributed by atoms with Crippen LogP contribution in [0.4, 0.5) is 0 Å². The maximum Gasteiger partial charge on any atom is 0.255 e. The Hall–Kier alpha value is -3.42. The third-order valence-electron chi connectivity index (χ3n) is 5.31. The first kappa shape index (κ1) is 21.8. The lowest BCUT2D eigenvalue weighted by Gasteiger charge is -2.26. The van der Waals surface area contributed by atoms with Gasteiger partial charge >= 0.3 is 0 Å². The van der Waals surface area contributed by atoms with Gasteiger partial charge in [0.15, 0.2) is 0 Å². The predicted molar refractivity (Wildman–Crippen MR) is 129 cm³/mol. The molecule has 2 heterocycles. The van der Waals surface area contributed by atoms with E-state index < -0.39 is 0 Å². The van der Waals surface area contributed by atoms with Crippen molar-refractivity contribution < 1.29 is 9.53 Å². The molecule has 1 unspecified atom stereocenters. The van der Waals surface area contributed by atoms with E-state index in [1.807, 2.05) is 86.2 Å². The minimum Gasteiger partial charge on any atom is -0.496 e. The van der Waals surface area contributed by atoms with Crippen LogP contribution in [0.2, 0.25) is 0 Å². The number of amides is 1. The molecule has 0 aliphatic rings. The van der Waals surface area contributed by atoms with E-state index in [2.05, 4.69) is 10.2 Å². The van der Waals surface area contributed by atoms with Gasteiger partial charge in [0.05, 0.1) is 29.3 Å². The molecule has 0 saturated carbocycles. The van der Waals surface area contributed by atoms with Crippen LogP contribution in [-0.2, 0) is 0 Å². The topological polar surface area (TPSA) is 59.4 Å². The number of para-hydroxylation sites is 2. The van der Waals surface area contributed by atoms with Crippen molar-refractivity contribution in [2.45, 2.75) is 6.04 Å². The summed E-state index contributed by atoms with van der Waals surface area (Å²) < 4.78 is 7.29. The van der Waals surface area contributed by atoms with Crippen LogP contribution < -0.4 is 10.1 Å². The van der Waals surface area contributed by atoms with Gasteiger partial charge in [-0.05, 0) is 43.7 Å². The van der Waals surface area contributed by atoms with Gasteiger partial charge in [0, 0.05) is 18.3 Å². The molecule has 0 aliphatic carbocycles. The molecule has 4 rings (SSSR count). The number of aromatic nitrogens is 2.